The molecule has 0 fully saturated rings. The van der Waals surface area contributed by atoms with Crippen LogP contribution in [0.15, 0.2) is 91.0 Å². The summed E-state index contributed by atoms with van der Waals surface area (Å²) in [5.41, 5.74) is 1.67. The second kappa shape index (κ2) is 12.5. The van der Waals surface area contributed by atoms with E-state index in [0.717, 1.165) is 11.1 Å². The van der Waals surface area contributed by atoms with Gasteiger partial charge in [0, 0.05) is 18.5 Å². The number of amides is 3. The summed E-state index contributed by atoms with van der Waals surface area (Å²) in [5.74, 6) is -0.831. The minimum Gasteiger partial charge on any atom is -0.444 e. The second-order valence-electron chi connectivity index (χ2n) is 9.49. The fraction of sp³-hybridized carbons (Fsp3) is 0.276. The average Bonchev–Trinajstić information content (AvgIpc) is 2.84. The maximum Gasteiger partial charge on any atom is 0.408 e. The molecule has 0 aliphatic carbocycles. The number of ether oxygens (including phenoxy) is 1. The first-order valence-corrected chi connectivity index (χ1v) is 11.9. The van der Waals surface area contributed by atoms with Crippen molar-refractivity contribution in [3.8, 4) is 0 Å². The van der Waals surface area contributed by atoms with Crippen LogP contribution in [-0.2, 0) is 27.2 Å². The van der Waals surface area contributed by atoms with Gasteiger partial charge in [-0.3, -0.25) is 9.59 Å². The van der Waals surface area contributed by atoms with Crippen molar-refractivity contribution in [2.75, 3.05) is 5.32 Å². The zero-order valence-corrected chi connectivity index (χ0v) is 20.9. The Morgan fingerprint density at radius 3 is 1.58 bits per heavy atom. The summed E-state index contributed by atoms with van der Waals surface area (Å²) in [6, 6.07) is 26.1. The molecule has 0 spiro atoms. The number of benzene rings is 3. The molecule has 7 heteroatoms. The highest BCUT2D eigenvalue weighted by Crippen LogP contribution is 2.12. The predicted molar refractivity (Wildman–Crippen MR) is 140 cm³/mol. The smallest absolute Gasteiger partial charge is 0.408 e. The van der Waals surface area contributed by atoms with E-state index >= 15 is 0 Å². The van der Waals surface area contributed by atoms with E-state index in [1.165, 1.54) is 0 Å². The Hall–Kier alpha value is -4.13. The highest BCUT2D eigenvalue weighted by atomic mass is 16.6. The van der Waals surface area contributed by atoms with Crippen LogP contribution in [0.2, 0.25) is 0 Å². The van der Waals surface area contributed by atoms with Crippen molar-refractivity contribution in [3.63, 3.8) is 0 Å². The number of carbonyl (C=O) groups excluding carboxylic acids is 3. The minimum atomic E-state index is -0.940. The Bertz CT molecular complexity index is 1130. The van der Waals surface area contributed by atoms with E-state index in [0.29, 0.717) is 5.69 Å². The Balaban J connectivity index is 1.80. The number of alkyl carbamates (subject to hydrolysis) is 1. The van der Waals surface area contributed by atoms with E-state index in [4.69, 9.17) is 4.74 Å². The summed E-state index contributed by atoms with van der Waals surface area (Å²) in [4.78, 5) is 39.2. The van der Waals surface area contributed by atoms with Crippen molar-refractivity contribution in [2.24, 2.45) is 0 Å². The van der Waals surface area contributed by atoms with Crippen molar-refractivity contribution in [3.05, 3.63) is 102 Å². The van der Waals surface area contributed by atoms with E-state index < -0.39 is 29.7 Å². The maximum atomic E-state index is 13.4. The number of rotatable bonds is 9. The maximum absolute atomic E-state index is 13.4. The van der Waals surface area contributed by atoms with Gasteiger partial charge in [0.1, 0.15) is 17.7 Å². The van der Waals surface area contributed by atoms with Gasteiger partial charge in [0.2, 0.25) is 11.8 Å². The molecule has 3 rings (SSSR count). The van der Waals surface area contributed by atoms with E-state index in [9.17, 15) is 14.4 Å². The zero-order chi connectivity index (χ0) is 26.0. The highest BCUT2D eigenvalue weighted by molar-refractivity contribution is 5.98. The quantitative estimate of drug-likeness (QED) is 0.414. The van der Waals surface area contributed by atoms with Crippen LogP contribution < -0.4 is 16.0 Å². The molecule has 3 aromatic carbocycles. The van der Waals surface area contributed by atoms with Crippen LogP contribution in [0, 0.1) is 0 Å². The summed E-state index contributed by atoms with van der Waals surface area (Å²) in [7, 11) is 0. The normalized spacial score (nSPS) is 12.6. The lowest BCUT2D eigenvalue weighted by Crippen LogP contribution is -2.54. The van der Waals surface area contributed by atoms with E-state index in [1.54, 1.807) is 32.9 Å². The van der Waals surface area contributed by atoms with E-state index in [1.807, 2.05) is 78.9 Å². The first kappa shape index (κ1) is 26.5. The van der Waals surface area contributed by atoms with Gasteiger partial charge >= 0.3 is 6.09 Å². The number of hydrogen-bond acceptors (Lipinski definition) is 4. The Labute approximate surface area is 212 Å². The van der Waals surface area contributed by atoms with Gasteiger partial charge in [-0.15, -0.1) is 0 Å². The molecular formula is C29H33N3O4. The molecule has 0 aliphatic rings. The van der Waals surface area contributed by atoms with Crippen LogP contribution in [0.3, 0.4) is 0 Å². The Kier molecular flexibility index (Phi) is 9.22. The molecule has 36 heavy (non-hydrogen) atoms. The molecule has 3 aromatic rings. The lowest BCUT2D eigenvalue weighted by atomic mass is 10.0. The highest BCUT2D eigenvalue weighted by Gasteiger charge is 2.29. The number of para-hydroxylation sites is 1. The minimum absolute atomic E-state index is 0.240. The van der Waals surface area contributed by atoms with Gasteiger partial charge in [0.15, 0.2) is 0 Å². The molecule has 188 valence electrons. The third-order valence-electron chi connectivity index (χ3n) is 5.25. The van der Waals surface area contributed by atoms with Crippen molar-refractivity contribution < 1.29 is 19.1 Å². The van der Waals surface area contributed by atoms with Gasteiger partial charge in [-0.1, -0.05) is 78.9 Å². The lowest BCUT2D eigenvalue weighted by Gasteiger charge is -2.25. The van der Waals surface area contributed by atoms with E-state index in [2.05, 4.69) is 16.0 Å². The molecule has 0 bridgehead atoms. The third kappa shape index (κ3) is 8.91. The summed E-state index contributed by atoms with van der Waals surface area (Å²) in [5, 5.41) is 8.39. The molecule has 0 heterocycles. The fourth-order valence-electron chi connectivity index (χ4n) is 3.59. The molecule has 2 atom stereocenters. The number of nitrogens with one attached hydrogen (secondary N) is 3. The van der Waals surface area contributed by atoms with Crippen LogP contribution in [-0.4, -0.2) is 35.6 Å². The molecule has 0 aromatic heterocycles. The first-order valence-electron chi connectivity index (χ1n) is 11.9. The lowest BCUT2D eigenvalue weighted by molar-refractivity contribution is -0.127. The van der Waals surface area contributed by atoms with Crippen LogP contribution in [0.1, 0.15) is 31.9 Å². The monoisotopic (exact) mass is 487 g/mol. The van der Waals surface area contributed by atoms with Crippen molar-refractivity contribution in [1.29, 1.82) is 0 Å². The Morgan fingerprint density at radius 1 is 0.667 bits per heavy atom. The first-order chi connectivity index (χ1) is 17.2. The molecular weight excluding hydrogens is 454 g/mol. The topological polar surface area (TPSA) is 96.5 Å². The average molecular weight is 488 g/mol. The molecule has 0 aliphatic heterocycles. The zero-order valence-electron chi connectivity index (χ0n) is 20.9. The second-order valence-corrected chi connectivity index (χ2v) is 9.49. The summed E-state index contributed by atoms with van der Waals surface area (Å²) in [6.07, 6.45) is -0.174. The van der Waals surface area contributed by atoms with Gasteiger partial charge in [0.25, 0.3) is 0 Å². The van der Waals surface area contributed by atoms with Gasteiger partial charge in [-0.2, -0.15) is 0 Å². The van der Waals surface area contributed by atoms with Gasteiger partial charge in [0.05, 0.1) is 0 Å². The van der Waals surface area contributed by atoms with Crippen molar-refractivity contribution in [2.45, 2.75) is 51.3 Å². The molecule has 0 saturated heterocycles. The van der Waals surface area contributed by atoms with E-state index in [-0.39, 0.29) is 18.7 Å². The van der Waals surface area contributed by atoms with Crippen LogP contribution >= 0.6 is 0 Å². The third-order valence-corrected chi connectivity index (χ3v) is 5.25. The Morgan fingerprint density at radius 2 is 1.11 bits per heavy atom. The number of carbonyl (C=O) groups is 3. The molecule has 3 amide bonds. The molecule has 7 nitrogen and oxygen atoms in total. The predicted octanol–water partition coefficient (Wildman–Crippen LogP) is 4.49. The summed E-state index contributed by atoms with van der Waals surface area (Å²) in [6.45, 7) is 5.26. The molecule has 0 unspecified atom stereocenters. The number of anilines is 1. The summed E-state index contributed by atoms with van der Waals surface area (Å²) < 4.78 is 5.37. The largest absolute Gasteiger partial charge is 0.444 e. The van der Waals surface area contributed by atoms with Crippen molar-refractivity contribution >= 4 is 23.6 Å². The number of hydrogen-bond donors (Lipinski definition) is 3. The van der Waals surface area contributed by atoms with Gasteiger partial charge < -0.3 is 20.7 Å². The van der Waals surface area contributed by atoms with Crippen LogP contribution in [0.25, 0.3) is 0 Å². The molecule has 3 N–H and O–H groups in total. The van der Waals surface area contributed by atoms with Crippen LogP contribution in [0.5, 0.6) is 0 Å². The summed E-state index contributed by atoms with van der Waals surface area (Å²) >= 11 is 0. The standard InChI is InChI=1S/C29H33N3O4/c1-29(2,3)36-28(35)32-25(20-22-15-9-5-10-16-22)27(34)31-24(19-21-13-7-4-8-14-21)26(33)30-23-17-11-6-12-18-23/h4-18,24-25H,19-20H2,1-3H3,(H,30,33)(H,31,34)(H,32,35)/t24-,25-/m1/s1. The van der Waals surface area contributed by atoms with Crippen molar-refractivity contribution in [1.82, 2.24) is 10.6 Å². The SMILES string of the molecule is CC(C)(C)OC(=O)N[C@H](Cc1ccccc1)C(=O)N[C@H](Cc1ccccc1)C(=O)Nc1ccccc1. The van der Waals surface area contributed by atoms with Gasteiger partial charge in [-0.05, 0) is 44.0 Å². The molecule has 0 saturated carbocycles. The van der Waals surface area contributed by atoms with Crippen LogP contribution in [0.4, 0.5) is 10.5 Å². The van der Waals surface area contributed by atoms with Gasteiger partial charge in [-0.25, -0.2) is 4.79 Å². The molecule has 0 radical (unpaired) electrons. The fourth-order valence-corrected chi connectivity index (χ4v) is 3.59.